The van der Waals surface area contributed by atoms with E-state index in [1.807, 2.05) is 126 Å². The van der Waals surface area contributed by atoms with Crippen LogP contribution in [0.2, 0.25) is 0 Å². The number of primary amides is 1. The number of amides is 6. The van der Waals surface area contributed by atoms with Crippen molar-refractivity contribution in [2.45, 2.75) is 164 Å². The first-order valence-corrected chi connectivity index (χ1v) is 35.7. The molecule has 1 saturated heterocycles. The van der Waals surface area contributed by atoms with Gasteiger partial charge in [0.05, 0.1) is 72.6 Å². The second-order valence-corrected chi connectivity index (χ2v) is 30.3. The van der Waals surface area contributed by atoms with Crippen LogP contribution < -0.4 is 32.3 Å². The lowest BCUT2D eigenvalue weighted by Gasteiger charge is -2.57. The van der Waals surface area contributed by atoms with E-state index in [0.29, 0.717) is 32.8 Å². The molecule has 2 aromatic carbocycles. The van der Waals surface area contributed by atoms with Gasteiger partial charge in [-0.05, 0) is 84.5 Å². The van der Waals surface area contributed by atoms with Crippen molar-refractivity contribution < 1.29 is 91.6 Å². The molecule has 1 aliphatic carbocycles. The van der Waals surface area contributed by atoms with Crippen LogP contribution in [0.4, 0.5) is 9.59 Å². The molecule has 576 valence electrons. The van der Waals surface area contributed by atoms with E-state index in [2.05, 4.69) is 26.6 Å². The van der Waals surface area contributed by atoms with Gasteiger partial charge in [-0.3, -0.25) is 53.2 Å². The molecular weight excluding hydrogens is 1320 g/mol. The highest BCUT2D eigenvalue weighted by molar-refractivity contribution is 5.91. The number of carboxylic acid groups (broad SMARTS) is 3. The van der Waals surface area contributed by atoms with Crippen LogP contribution in [0.1, 0.15) is 140 Å². The number of fused-ring (bicyclic) bond motifs is 3. The molecule has 2 aromatic rings. The number of hydrogen-bond donors (Lipinski definition) is 9. The minimum atomic E-state index is -1.52. The zero-order chi connectivity index (χ0) is 76.0. The second-order valence-electron chi connectivity index (χ2n) is 30.3. The van der Waals surface area contributed by atoms with Gasteiger partial charge in [0.1, 0.15) is 41.9 Å². The Kier molecular flexibility index (Phi) is 36.0. The third-order valence-electron chi connectivity index (χ3n) is 18.0. The first-order valence-electron chi connectivity index (χ1n) is 35.7. The van der Waals surface area contributed by atoms with E-state index in [0.717, 1.165) is 22.3 Å². The first-order chi connectivity index (χ1) is 47.9. The van der Waals surface area contributed by atoms with E-state index in [1.165, 1.54) is 0 Å². The molecule has 0 spiro atoms. The van der Waals surface area contributed by atoms with Crippen molar-refractivity contribution in [3.63, 3.8) is 0 Å². The fraction of sp³-hybridized carbons (Fsp3) is 0.712. The van der Waals surface area contributed by atoms with Crippen LogP contribution >= 0.6 is 0 Å². The van der Waals surface area contributed by atoms with Gasteiger partial charge in [-0.25, -0.2) is 9.59 Å². The molecule has 1 aliphatic heterocycles. The molecule has 6 amide bonds. The third kappa shape index (κ3) is 28.2. The zero-order valence-electron chi connectivity index (χ0n) is 62.9. The average Bonchev–Trinajstić information content (AvgIpc) is 0.906. The Hall–Kier alpha value is -7.09. The van der Waals surface area contributed by atoms with Crippen LogP contribution in [-0.2, 0) is 66.7 Å². The minimum Gasteiger partial charge on any atom is -0.480 e. The maximum atomic E-state index is 14.3. The number of ether oxygens (including phenoxy) is 7. The topological polar surface area (TPSA) is 378 Å². The summed E-state index contributed by atoms with van der Waals surface area (Å²) in [7, 11) is 0. The first kappa shape index (κ1) is 87.3. The van der Waals surface area contributed by atoms with Gasteiger partial charge in [0.15, 0.2) is 0 Å². The van der Waals surface area contributed by atoms with Crippen LogP contribution in [0.3, 0.4) is 0 Å². The standard InChI is InChI=1S/C73H120N10O19/c1-50(2)60(79-68(95)101-49-55-53-22-17-15-20-51(53)52-21-16-18-23-54(52)55)63(88)78-56(24-19-27-77-67(74)94)62(87)76-29-39-97-41-43-99-45-47-100-46-44-98-42-40-96-38-28-75-58(84)26-25-57(65(91)102-72(12,13)14)81-32-30-80(48-59(85)86)31-33-82(61(64(89)90)69(3,4)5)35-37-83(36-34-81)73(66(92)93,70(6,7)8)71(9,10)11/h15-18,20-23,50,55-57,60-61H,19,24-49H2,1-14H3,(H,75,84)(H,76,87)(H,78,88)(H,79,95)(H,85,86)(H,89,90)(H,92,93)(H3,74,77,94)/t56-,57?,60-,61?/m1/s1. The van der Waals surface area contributed by atoms with Gasteiger partial charge in [0.25, 0.3) is 0 Å². The number of alkyl carbamates (subject to hydrolysis) is 1. The summed E-state index contributed by atoms with van der Waals surface area (Å²) in [4.78, 5) is 126. The van der Waals surface area contributed by atoms with Crippen LogP contribution in [0.25, 0.3) is 11.1 Å². The number of carbonyl (C=O) groups is 9. The fourth-order valence-electron chi connectivity index (χ4n) is 13.8. The molecule has 2 unspecified atom stereocenters. The summed E-state index contributed by atoms with van der Waals surface area (Å²) in [5, 5.41) is 45.7. The van der Waals surface area contributed by atoms with Crippen molar-refractivity contribution in [2.75, 3.05) is 151 Å². The molecular formula is C73H120N10O19. The number of nitrogens with two attached hydrogens (primary N) is 1. The van der Waals surface area contributed by atoms with E-state index >= 15 is 0 Å². The lowest BCUT2D eigenvalue weighted by molar-refractivity contribution is -0.178. The van der Waals surface area contributed by atoms with Crippen molar-refractivity contribution in [1.29, 1.82) is 0 Å². The fourth-order valence-corrected chi connectivity index (χ4v) is 13.8. The summed E-state index contributed by atoms with van der Waals surface area (Å²) in [6.45, 7) is 29.3. The normalized spacial score (nSPS) is 16.2. The summed E-state index contributed by atoms with van der Waals surface area (Å²) < 4.78 is 39.9. The number of carbonyl (C=O) groups excluding carboxylic acids is 6. The Bertz CT molecular complexity index is 2940. The number of hydrogen-bond acceptors (Lipinski definition) is 20. The molecule has 0 bridgehead atoms. The highest BCUT2D eigenvalue weighted by Crippen LogP contribution is 2.49. The van der Waals surface area contributed by atoms with Crippen molar-refractivity contribution in [2.24, 2.45) is 27.9 Å². The van der Waals surface area contributed by atoms with Crippen molar-refractivity contribution in [1.82, 2.24) is 46.2 Å². The van der Waals surface area contributed by atoms with Crippen molar-refractivity contribution >= 4 is 53.7 Å². The summed E-state index contributed by atoms with van der Waals surface area (Å²) in [6, 6.07) is 11.2. The number of nitrogens with one attached hydrogen (secondary N) is 5. The zero-order valence-corrected chi connectivity index (χ0v) is 62.9. The van der Waals surface area contributed by atoms with Gasteiger partial charge in [-0.2, -0.15) is 0 Å². The summed E-state index contributed by atoms with van der Waals surface area (Å²) in [5.41, 5.74) is 4.55. The molecule has 0 radical (unpaired) electrons. The molecule has 10 N–H and O–H groups in total. The largest absolute Gasteiger partial charge is 0.480 e. The number of urea groups is 1. The van der Waals surface area contributed by atoms with E-state index in [9.17, 15) is 58.5 Å². The second kappa shape index (κ2) is 42.0. The van der Waals surface area contributed by atoms with Crippen molar-refractivity contribution in [3.05, 3.63) is 59.7 Å². The van der Waals surface area contributed by atoms with Gasteiger partial charge in [-0.15, -0.1) is 0 Å². The monoisotopic (exact) mass is 1440 g/mol. The molecule has 0 saturated carbocycles. The predicted molar refractivity (Wildman–Crippen MR) is 384 cm³/mol. The SMILES string of the molecule is CC(C)[C@@H](NC(=O)OCC1c2ccccc2-c2ccccc21)C(=O)N[C@H](CCCNC(N)=O)C(=O)NCCOCCOCCOCCOCCOCCNC(=O)CCC(C(=O)OC(C)(C)C)N1CCN(CC(=O)O)CCN(C(C(=O)O)C(C)(C)C)CCN(C(C(=O)O)(C(C)(C)C)C(C)(C)C)CC1. The highest BCUT2D eigenvalue weighted by Gasteiger charge is 2.60. The Morgan fingerprint density at radius 1 is 0.569 bits per heavy atom. The van der Waals surface area contributed by atoms with Crippen LogP contribution in [0.15, 0.2) is 48.5 Å². The molecule has 29 heteroatoms. The van der Waals surface area contributed by atoms with Gasteiger partial charge in [0, 0.05) is 84.3 Å². The lowest BCUT2D eigenvalue weighted by atomic mass is 9.58. The predicted octanol–water partition coefficient (Wildman–Crippen LogP) is 5.01. The van der Waals surface area contributed by atoms with Crippen LogP contribution in [0, 0.1) is 22.2 Å². The van der Waals surface area contributed by atoms with Gasteiger partial charge in [0.2, 0.25) is 17.7 Å². The van der Waals surface area contributed by atoms with Gasteiger partial charge in [-0.1, -0.05) is 125 Å². The number of benzene rings is 2. The Balaban J connectivity index is 1.17. The smallest absolute Gasteiger partial charge is 0.407 e. The number of carboxylic acids is 3. The van der Waals surface area contributed by atoms with Crippen molar-refractivity contribution in [3.8, 4) is 11.1 Å². The number of aliphatic carboxylic acids is 3. The maximum absolute atomic E-state index is 14.3. The van der Waals surface area contributed by atoms with E-state index < -0.39 is 99.4 Å². The Labute approximate surface area is 602 Å². The third-order valence-corrected chi connectivity index (χ3v) is 18.0. The summed E-state index contributed by atoms with van der Waals surface area (Å²) in [5.74, 6) is -5.73. The average molecular weight is 1440 g/mol. The molecule has 0 aromatic heterocycles. The molecule has 4 rings (SSSR count). The van der Waals surface area contributed by atoms with Crippen LogP contribution in [-0.4, -0.2) is 275 Å². The summed E-state index contributed by atoms with van der Waals surface area (Å²) in [6.07, 6.45) is -0.357. The highest BCUT2D eigenvalue weighted by atomic mass is 16.6. The number of rotatable bonds is 40. The molecule has 29 nitrogen and oxygen atoms in total. The van der Waals surface area contributed by atoms with Gasteiger partial charge < -0.3 is 80.8 Å². The Morgan fingerprint density at radius 3 is 1.51 bits per heavy atom. The quantitative estimate of drug-likeness (QED) is 0.0313. The van der Waals surface area contributed by atoms with E-state index in [-0.39, 0.29) is 162 Å². The summed E-state index contributed by atoms with van der Waals surface area (Å²) >= 11 is 0. The molecule has 4 atom stereocenters. The van der Waals surface area contributed by atoms with E-state index in [1.54, 1.807) is 39.5 Å². The molecule has 2 aliphatic rings. The van der Waals surface area contributed by atoms with Crippen LogP contribution in [0.5, 0.6) is 0 Å². The maximum Gasteiger partial charge on any atom is 0.407 e. The number of nitrogens with zero attached hydrogens (tertiary/aromatic N) is 4. The molecule has 102 heavy (non-hydrogen) atoms. The molecule has 1 heterocycles. The molecule has 1 fully saturated rings. The number of esters is 1. The lowest BCUT2D eigenvalue weighted by Crippen LogP contribution is -2.71. The van der Waals surface area contributed by atoms with E-state index in [4.69, 9.17) is 38.9 Å². The minimum absolute atomic E-state index is 0.0231. The van der Waals surface area contributed by atoms with Gasteiger partial charge >= 0.3 is 36.0 Å². The Morgan fingerprint density at radius 2 is 1.05 bits per heavy atom.